The molecule has 16 heteroatoms. The number of rotatable bonds is 6. The monoisotopic (exact) mass is 654 g/mol. The maximum absolute atomic E-state index is 13.7. The molecule has 1 aliphatic rings. The number of halogens is 10. The van der Waals surface area contributed by atoms with Gasteiger partial charge in [-0.1, -0.05) is 18.5 Å². The van der Waals surface area contributed by atoms with E-state index in [2.05, 4.69) is 15.3 Å². The minimum absolute atomic E-state index is 0.00637. The zero-order valence-corrected chi connectivity index (χ0v) is 23.7. The number of nitrogens with one attached hydrogen (secondary N) is 1. The Balaban J connectivity index is 1.80. The van der Waals surface area contributed by atoms with Crippen LogP contribution in [-0.2, 0) is 29.7 Å². The van der Waals surface area contributed by atoms with Crippen LogP contribution in [0.2, 0.25) is 5.15 Å². The summed E-state index contributed by atoms with van der Waals surface area (Å²) in [6.45, 7) is 3.33. The Morgan fingerprint density at radius 3 is 2.11 bits per heavy atom. The predicted octanol–water partition coefficient (Wildman–Crippen LogP) is 9.08. The Hall–Kier alpha value is -3.75. The normalized spacial score (nSPS) is 17.3. The van der Waals surface area contributed by atoms with Gasteiger partial charge in [0.15, 0.2) is 0 Å². The highest BCUT2D eigenvalue weighted by molar-refractivity contribution is 6.29. The summed E-state index contributed by atoms with van der Waals surface area (Å²) < 4.78 is 127. The first-order valence-electron chi connectivity index (χ1n) is 13.2. The molecular formula is C28H24ClF9N4O2. The van der Waals surface area contributed by atoms with E-state index in [1.165, 1.54) is 4.90 Å². The second kappa shape index (κ2) is 12.3. The van der Waals surface area contributed by atoms with E-state index in [0.717, 1.165) is 24.4 Å². The van der Waals surface area contributed by atoms with Crippen molar-refractivity contribution in [2.45, 2.75) is 63.7 Å². The molecule has 0 bridgehead atoms. The Morgan fingerprint density at radius 2 is 1.57 bits per heavy atom. The molecule has 1 aliphatic heterocycles. The van der Waals surface area contributed by atoms with Gasteiger partial charge < -0.3 is 10.1 Å². The maximum Gasteiger partial charge on any atom is 0.416 e. The summed E-state index contributed by atoms with van der Waals surface area (Å²) in [5.41, 5.74) is -4.41. The molecule has 1 N–H and O–H groups in total. The van der Waals surface area contributed by atoms with Crippen LogP contribution in [0, 0.1) is 0 Å². The molecule has 2 aromatic carbocycles. The van der Waals surface area contributed by atoms with Crippen molar-refractivity contribution < 1.29 is 49.0 Å². The lowest BCUT2D eigenvalue weighted by atomic mass is 9.88. The summed E-state index contributed by atoms with van der Waals surface area (Å²) in [5.74, 6) is -0.170. The molecular weight excluding hydrogens is 631 g/mol. The molecule has 6 nitrogen and oxygen atoms in total. The van der Waals surface area contributed by atoms with Crippen LogP contribution in [0.1, 0.15) is 66.2 Å². The van der Waals surface area contributed by atoms with Crippen molar-refractivity contribution in [2.24, 2.45) is 0 Å². The molecule has 0 aliphatic carbocycles. The van der Waals surface area contributed by atoms with Crippen LogP contribution in [0.4, 0.5) is 55.8 Å². The number of carbonyl (C=O) groups is 1. The van der Waals surface area contributed by atoms with E-state index in [1.54, 1.807) is 13.8 Å². The number of aromatic nitrogens is 2. The highest BCUT2D eigenvalue weighted by atomic mass is 35.5. The fourth-order valence-electron chi connectivity index (χ4n) is 4.97. The zero-order valence-electron chi connectivity index (χ0n) is 23.0. The number of hydrogen-bond donors (Lipinski definition) is 1. The van der Waals surface area contributed by atoms with Crippen molar-refractivity contribution in [3.05, 3.63) is 81.3 Å². The van der Waals surface area contributed by atoms with Crippen LogP contribution in [0.3, 0.4) is 0 Å². The smallest absolute Gasteiger partial charge is 0.416 e. The molecule has 0 saturated carbocycles. The number of nitrogens with zero attached hydrogens (tertiary/aromatic N) is 3. The van der Waals surface area contributed by atoms with Gasteiger partial charge in [0, 0.05) is 12.5 Å². The number of carbonyl (C=O) groups excluding carboxylic acids is 1. The molecule has 2 heterocycles. The fourth-order valence-corrected chi connectivity index (χ4v) is 5.11. The second-order valence-electron chi connectivity index (χ2n) is 9.91. The Kier molecular flexibility index (Phi) is 9.29. The molecule has 1 aromatic heterocycles. The summed E-state index contributed by atoms with van der Waals surface area (Å²) in [5, 5.41) is 2.74. The van der Waals surface area contributed by atoms with E-state index < -0.39 is 65.4 Å². The Labute approximate surface area is 250 Å². The number of benzene rings is 2. The molecule has 1 amide bonds. The van der Waals surface area contributed by atoms with Crippen molar-refractivity contribution in [2.75, 3.05) is 16.8 Å². The van der Waals surface area contributed by atoms with Gasteiger partial charge in [-0.25, -0.2) is 9.78 Å². The van der Waals surface area contributed by atoms with E-state index >= 15 is 0 Å². The van der Waals surface area contributed by atoms with Crippen molar-refractivity contribution in [3.8, 4) is 0 Å². The third-order valence-corrected chi connectivity index (χ3v) is 7.13. The molecule has 238 valence electrons. The molecule has 3 aromatic rings. The summed E-state index contributed by atoms with van der Waals surface area (Å²) in [6, 6.07) is 2.37. The Bertz CT molecular complexity index is 1490. The zero-order chi connectivity index (χ0) is 32.6. The number of hydrogen-bond acceptors (Lipinski definition) is 5. The van der Waals surface area contributed by atoms with Crippen LogP contribution in [0.5, 0.6) is 0 Å². The van der Waals surface area contributed by atoms with Crippen molar-refractivity contribution in [3.63, 3.8) is 0 Å². The molecule has 0 saturated heterocycles. The van der Waals surface area contributed by atoms with Crippen LogP contribution in [-0.4, -0.2) is 28.7 Å². The topological polar surface area (TPSA) is 67.3 Å². The van der Waals surface area contributed by atoms with Gasteiger partial charge in [0.2, 0.25) is 0 Å². The van der Waals surface area contributed by atoms with Crippen molar-refractivity contribution >= 4 is 29.2 Å². The van der Waals surface area contributed by atoms with Gasteiger partial charge in [0.1, 0.15) is 11.0 Å². The summed E-state index contributed by atoms with van der Waals surface area (Å²) in [7, 11) is 0. The third-order valence-electron chi connectivity index (χ3n) is 6.95. The van der Waals surface area contributed by atoms with E-state index in [1.807, 2.05) is 0 Å². The number of ether oxygens (including phenoxy) is 1. The molecule has 2 atom stereocenters. The lowest BCUT2D eigenvalue weighted by Crippen LogP contribution is -2.46. The van der Waals surface area contributed by atoms with Crippen LogP contribution >= 0.6 is 11.6 Å². The molecule has 0 radical (unpaired) electrons. The van der Waals surface area contributed by atoms with Crippen LogP contribution in [0.15, 0.2) is 42.6 Å². The predicted molar refractivity (Wildman–Crippen MR) is 142 cm³/mol. The van der Waals surface area contributed by atoms with Gasteiger partial charge in [-0.2, -0.15) is 39.5 Å². The largest absolute Gasteiger partial charge is 0.449 e. The van der Waals surface area contributed by atoms with E-state index in [-0.39, 0.29) is 47.0 Å². The minimum atomic E-state index is -5.08. The summed E-state index contributed by atoms with van der Waals surface area (Å²) in [4.78, 5) is 22.3. The SMILES string of the molecule is CCOC(=O)N1c2ccc(C(F)(F)F)cc2[C@@H](Nc2nc(Cl)cnc2Cc2cc(C(F)(F)F)cc(C(F)(F)F)c2)C[C@H]1CC. The fraction of sp³-hybridized carbons (Fsp3) is 0.393. The van der Waals surface area contributed by atoms with Gasteiger partial charge in [0.25, 0.3) is 0 Å². The molecule has 0 spiro atoms. The van der Waals surface area contributed by atoms with Gasteiger partial charge in [-0.05, 0) is 67.3 Å². The van der Waals surface area contributed by atoms with Crippen LogP contribution in [0.25, 0.3) is 0 Å². The highest BCUT2D eigenvalue weighted by Gasteiger charge is 2.40. The van der Waals surface area contributed by atoms with Gasteiger partial charge in [0.05, 0.1) is 46.9 Å². The van der Waals surface area contributed by atoms with Crippen molar-refractivity contribution in [1.82, 2.24) is 9.97 Å². The number of alkyl halides is 9. The lowest BCUT2D eigenvalue weighted by Gasteiger charge is -2.40. The number of anilines is 2. The van der Waals surface area contributed by atoms with Crippen molar-refractivity contribution in [1.29, 1.82) is 0 Å². The number of fused-ring (bicyclic) bond motifs is 1. The van der Waals surface area contributed by atoms with Gasteiger partial charge >= 0.3 is 24.6 Å². The number of amides is 1. The molecule has 0 fully saturated rings. The van der Waals surface area contributed by atoms with E-state index in [0.29, 0.717) is 18.6 Å². The van der Waals surface area contributed by atoms with Crippen LogP contribution < -0.4 is 10.2 Å². The highest BCUT2D eigenvalue weighted by Crippen LogP contribution is 2.44. The first kappa shape index (κ1) is 33.1. The maximum atomic E-state index is 13.7. The Morgan fingerprint density at radius 1 is 0.955 bits per heavy atom. The standard InChI is InChI=1S/C28H24ClF9N4O2/c1-3-18-12-20(19-11-15(26(30,31)32)5-6-22(19)42(18)25(43)44-4-2)40-24-21(39-13-23(29)41-24)9-14-7-16(27(33,34)35)10-17(8-14)28(36,37)38/h5-8,10-11,13,18,20H,3-4,9,12H2,1-2H3,(H,40,41)/t18-,20+/m1/s1. The first-order chi connectivity index (χ1) is 20.4. The second-order valence-corrected chi connectivity index (χ2v) is 10.3. The molecule has 44 heavy (non-hydrogen) atoms. The minimum Gasteiger partial charge on any atom is -0.449 e. The average Bonchev–Trinajstić information content (AvgIpc) is 2.92. The quantitative estimate of drug-likeness (QED) is 0.269. The summed E-state index contributed by atoms with van der Waals surface area (Å²) in [6.07, 6.45) is -14.8. The van der Waals surface area contributed by atoms with E-state index in [9.17, 15) is 44.3 Å². The summed E-state index contributed by atoms with van der Waals surface area (Å²) >= 11 is 6.02. The van der Waals surface area contributed by atoms with Gasteiger partial charge in [-0.3, -0.25) is 9.88 Å². The molecule has 4 rings (SSSR count). The third kappa shape index (κ3) is 7.30. The van der Waals surface area contributed by atoms with Gasteiger partial charge in [-0.15, -0.1) is 0 Å². The average molecular weight is 655 g/mol. The first-order valence-corrected chi connectivity index (χ1v) is 13.5. The van der Waals surface area contributed by atoms with E-state index in [4.69, 9.17) is 16.3 Å². The lowest BCUT2D eigenvalue weighted by molar-refractivity contribution is -0.143. The molecule has 0 unspecified atom stereocenters.